The third kappa shape index (κ3) is 3.23. The maximum absolute atomic E-state index is 5.89. The van der Waals surface area contributed by atoms with Crippen LogP contribution in [0, 0.1) is 13.8 Å². The number of ether oxygens (including phenoxy) is 1. The zero-order valence-corrected chi connectivity index (χ0v) is 12.7. The number of hydrogen-bond acceptors (Lipinski definition) is 4. The Kier molecular flexibility index (Phi) is 4.04. The Bertz CT molecular complexity index is 584. The molecule has 0 amide bonds. The molecule has 0 spiro atoms. The van der Waals surface area contributed by atoms with Gasteiger partial charge in [-0.2, -0.15) is 4.98 Å². The van der Waals surface area contributed by atoms with E-state index in [4.69, 9.17) is 10.5 Å². The highest BCUT2D eigenvalue weighted by atomic mass is 79.9. The second-order valence-electron chi connectivity index (χ2n) is 4.40. The molecule has 100 valence electrons. The molecule has 2 rings (SSSR count). The van der Waals surface area contributed by atoms with Crippen LogP contribution in [0.15, 0.2) is 28.7 Å². The highest BCUT2D eigenvalue weighted by Crippen LogP contribution is 2.26. The number of anilines is 1. The van der Waals surface area contributed by atoms with E-state index in [1.165, 1.54) is 0 Å². The van der Waals surface area contributed by atoms with Gasteiger partial charge in [0, 0.05) is 4.47 Å². The molecule has 0 aliphatic carbocycles. The first-order valence-electron chi connectivity index (χ1n) is 6.00. The van der Waals surface area contributed by atoms with Gasteiger partial charge in [-0.15, -0.1) is 0 Å². The quantitative estimate of drug-likeness (QED) is 0.938. The summed E-state index contributed by atoms with van der Waals surface area (Å²) in [6.07, 6.45) is -0.0968. The zero-order valence-electron chi connectivity index (χ0n) is 11.1. The molecule has 1 aromatic heterocycles. The van der Waals surface area contributed by atoms with Gasteiger partial charge in [0.15, 0.2) is 0 Å². The van der Waals surface area contributed by atoms with E-state index in [0.717, 1.165) is 15.6 Å². The van der Waals surface area contributed by atoms with Gasteiger partial charge in [-0.3, -0.25) is 0 Å². The molecule has 1 aromatic carbocycles. The number of nitrogens with zero attached hydrogens (tertiary/aromatic N) is 2. The predicted octanol–water partition coefficient (Wildman–Crippen LogP) is 3.58. The zero-order chi connectivity index (χ0) is 14.0. The molecule has 5 heteroatoms. The van der Waals surface area contributed by atoms with Crippen molar-refractivity contribution in [2.45, 2.75) is 26.9 Å². The van der Waals surface area contributed by atoms with Gasteiger partial charge in [-0.25, -0.2) is 4.98 Å². The summed E-state index contributed by atoms with van der Waals surface area (Å²) in [6, 6.07) is 8.01. The van der Waals surface area contributed by atoms with E-state index in [1.807, 2.05) is 38.1 Å². The fraction of sp³-hybridized carbons (Fsp3) is 0.286. The van der Waals surface area contributed by atoms with Crippen molar-refractivity contribution < 1.29 is 4.74 Å². The smallest absolute Gasteiger partial charge is 0.222 e. The van der Waals surface area contributed by atoms with Crippen LogP contribution in [0.1, 0.15) is 30.0 Å². The summed E-state index contributed by atoms with van der Waals surface area (Å²) in [7, 11) is 0. The SMILES string of the molecule is Cc1nc(N)c(C)c(O[C@@H](C)c2ccc(Br)cc2)n1. The van der Waals surface area contributed by atoms with E-state index in [2.05, 4.69) is 25.9 Å². The molecule has 1 atom stereocenters. The summed E-state index contributed by atoms with van der Waals surface area (Å²) in [6.45, 7) is 5.64. The van der Waals surface area contributed by atoms with Gasteiger partial charge in [-0.05, 0) is 38.5 Å². The Morgan fingerprint density at radius 3 is 2.42 bits per heavy atom. The predicted molar refractivity (Wildman–Crippen MR) is 79.1 cm³/mol. The van der Waals surface area contributed by atoms with Gasteiger partial charge in [0.2, 0.25) is 5.88 Å². The normalized spacial score (nSPS) is 12.2. The number of nitrogens with two attached hydrogens (primary N) is 1. The molecular formula is C14H16BrN3O. The van der Waals surface area contributed by atoms with Crippen LogP contribution < -0.4 is 10.5 Å². The lowest BCUT2D eigenvalue weighted by Gasteiger charge is -2.16. The molecule has 0 saturated carbocycles. The molecule has 4 nitrogen and oxygen atoms in total. The van der Waals surface area contributed by atoms with Crippen LogP contribution in [0.3, 0.4) is 0 Å². The average molecular weight is 322 g/mol. The molecule has 0 aliphatic heterocycles. The largest absolute Gasteiger partial charge is 0.469 e. The van der Waals surface area contributed by atoms with Crippen LogP contribution in [0.25, 0.3) is 0 Å². The fourth-order valence-electron chi connectivity index (χ4n) is 1.71. The number of halogens is 1. The molecule has 2 N–H and O–H groups in total. The molecule has 0 aliphatic rings. The minimum absolute atomic E-state index is 0.0968. The Hall–Kier alpha value is -1.62. The Balaban J connectivity index is 2.23. The number of nitrogen functional groups attached to an aromatic ring is 1. The van der Waals surface area contributed by atoms with Crippen molar-refractivity contribution in [1.29, 1.82) is 0 Å². The second-order valence-corrected chi connectivity index (χ2v) is 5.31. The Morgan fingerprint density at radius 1 is 1.16 bits per heavy atom. The van der Waals surface area contributed by atoms with Crippen LogP contribution in [-0.2, 0) is 0 Å². The summed E-state index contributed by atoms with van der Waals surface area (Å²) >= 11 is 3.41. The number of rotatable bonds is 3. The first-order valence-corrected chi connectivity index (χ1v) is 6.79. The molecule has 0 unspecified atom stereocenters. The van der Waals surface area contributed by atoms with Gasteiger partial charge in [0.1, 0.15) is 17.7 Å². The molecular weight excluding hydrogens is 306 g/mol. The minimum Gasteiger partial charge on any atom is -0.469 e. The van der Waals surface area contributed by atoms with Crippen molar-refractivity contribution >= 4 is 21.7 Å². The van der Waals surface area contributed by atoms with E-state index in [0.29, 0.717) is 17.5 Å². The van der Waals surface area contributed by atoms with Gasteiger partial charge in [-0.1, -0.05) is 28.1 Å². The van der Waals surface area contributed by atoms with Crippen molar-refractivity contribution in [2.75, 3.05) is 5.73 Å². The van der Waals surface area contributed by atoms with Crippen LogP contribution in [0.5, 0.6) is 5.88 Å². The maximum Gasteiger partial charge on any atom is 0.222 e. The molecule has 0 bridgehead atoms. The Labute approximate surface area is 121 Å². The van der Waals surface area contributed by atoms with Crippen molar-refractivity contribution in [3.8, 4) is 5.88 Å². The van der Waals surface area contributed by atoms with Crippen molar-refractivity contribution in [1.82, 2.24) is 9.97 Å². The highest BCUT2D eigenvalue weighted by molar-refractivity contribution is 9.10. The molecule has 2 aromatic rings. The second kappa shape index (κ2) is 5.57. The van der Waals surface area contributed by atoms with Crippen molar-refractivity contribution in [3.63, 3.8) is 0 Å². The van der Waals surface area contributed by atoms with Gasteiger partial charge in [0.05, 0.1) is 5.56 Å². The molecule has 19 heavy (non-hydrogen) atoms. The third-order valence-electron chi connectivity index (χ3n) is 2.88. The van der Waals surface area contributed by atoms with E-state index in [-0.39, 0.29) is 6.10 Å². The lowest BCUT2D eigenvalue weighted by Crippen LogP contribution is -2.08. The summed E-state index contributed by atoms with van der Waals surface area (Å²) < 4.78 is 6.93. The number of hydrogen-bond donors (Lipinski definition) is 1. The molecule has 0 fully saturated rings. The van der Waals surface area contributed by atoms with Crippen LogP contribution in [-0.4, -0.2) is 9.97 Å². The first kappa shape index (κ1) is 13.8. The van der Waals surface area contributed by atoms with Gasteiger partial charge in [0.25, 0.3) is 0 Å². The number of benzene rings is 1. The van der Waals surface area contributed by atoms with E-state index < -0.39 is 0 Å². The maximum atomic E-state index is 5.89. The minimum atomic E-state index is -0.0968. The van der Waals surface area contributed by atoms with Crippen LogP contribution in [0.4, 0.5) is 5.82 Å². The fourth-order valence-corrected chi connectivity index (χ4v) is 1.97. The molecule has 1 heterocycles. The van der Waals surface area contributed by atoms with Crippen LogP contribution >= 0.6 is 15.9 Å². The highest BCUT2D eigenvalue weighted by Gasteiger charge is 2.13. The summed E-state index contributed by atoms with van der Waals surface area (Å²) in [4.78, 5) is 8.40. The van der Waals surface area contributed by atoms with Crippen molar-refractivity contribution in [2.24, 2.45) is 0 Å². The lowest BCUT2D eigenvalue weighted by atomic mass is 10.1. The Morgan fingerprint density at radius 2 is 1.79 bits per heavy atom. The topological polar surface area (TPSA) is 61.0 Å². The number of aryl methyl sites for hydroxylation is 1. The summed E-state index contributed by atoms with van der Waals surface area (Å²) in [5.74, 6) is 1.62. The lowest BCUT2D eigenvalue weighted by molar-refractivity contribution is 0.215. The number of aromatic nitrogens is 2. The first-order chi connectivity index (χ1) is 8.97. The van der Waals surface area contributed by atoms with E-state index >= 15 is 0 Å². The molecule has 0 saturated heterocycles. The van der Waals surface area contributed by atoms with Crippen LogP contribution in [0.2, 0.25) is 0 Å². The third-order valence-corrected chi connectivity index (χ3v) is 3.41. The van der Waals surface area contributed by atoms with Gasteiger partial charge >= 0.3 is 0 Å². The van der Waals surface area contributed by atoms with Crippen molar-refractivity contribution in [3.05, 3.63) is 45.7 Å². The average Bonchev–Trinajstić information content (AvgIpc) is 2.36. The van der Waals surface area contributed by atoms with E-state index in [1.54, 1.807) is 6.92 Å². The molecule has 0 radical (unpaired) electrons. The monoisotopic (exact) mass is 321 g/mol. The van der Waals surface area contributed by atoms with E-state index in [9.17, 15) is 0 Å². The van der Waals surface area contributed by atoms with Gasteiger partial charge < -0.3 is 10.5 Å². The summed E-state index contributed by atoms with van der Waals surface area (Å²) in [5, 5.41) is 0. The summed E-state index contributed by atoms with van der Waals surface area (Å²) in [5.41, 5.74) is 7.67. The standard InChI is InChI=1S/C14H16BrN3O/c1-8-13(16)17-10(3)18-14(8)19-9(2)11-4-6-12(15)7-5-11/h4-7,9H,1-3H3,(H2,16,17,18)/t9-/m0/s1.